The number of aromatic nitrogens is 2. The van der Waals surface area contributed by atoms with Crippen LogP contribution in [0.4, 0.5) is 0 Å². The van der Waals surface area contributed by atoms with Crippen LogP contribution in [0.15, 0.2) is 23.3 Å². The molecule has 0 unspecified atom stereocenters. The lowest BCUT2D eigenvalue weighted by Gasteiger charge is -2.20. The van der Waals surface area contributed by atoms with Gasteiger partial charge < -0.3 is 5.32 Å². The molecule has 0 radical (unpaired) electrons. The molecule has 4 nitrogen and oxygen atoms in total. The number of nitrogens with zero attached hydrogens (tertiary/aromatic N) is 2. The van der Waals surface area contributed by atoms with Gasteiger partial charge in [-0.05, 0) is 46.2 Å². The van der Waals surface area contributed by atoms with Gasteiger partial charge in [-0.15, -0.1) is 0 Å². The lowest BCUT2D eigenvalue weighted by molar-refractivity contribution is 0.413. The Morgan fingerprint density at radius 3 is 2.75 bits per heavy atom. The molecule has 0 atom stereocenters. The smallest absolute Gasteiger partial charge is 0.312 e. The van der Waals surface area contributed by atoms with Gasteiger partial charge in [0.25, 0.3) is 0 Å². The van der Waals surface area contributed by atoms with E-state index in [2.05, 4.69) is 31.1 Å². The zero-order valence-corrected chi connectivity index (χ0v) is 10.4. The molecule has 1 aromatic heterocycles. The molecule has 4 heteroatoms. The van der Waals surface area contributed by atoms with Gasteiger partial charge in [-0.2, -0.15) is 0 Å². The molecule has 0 aliphatic heterocycles. The highest BCUT2D eigenvalue weighted by atomic mass is 16.1. The highest BCUT2D eigenvalue weighted by Gasteiger charge is 2.06. The van der Waals surface area contributed by atoms with E-state index in [-0.39, 0.29) is 11.2 Å². The minimum atomic E-state index is -0.161. The normalized spacial score (nSPS) is 11.7. The zero-order chi connectivity index (χ0) is 12.0. The van der Waals surface area contributed by atoms with E-state index in [0.29, 0.717) is 0 Å². The Kier molecular flexibility index (Phi) is 4.68. The van der Waals surface area contributed by atoms with Crippen molar-refractivity contribution in [3.63, 3.8) is 0 Å². The third kappa shape index (κ3) is 5.07. The van der Waals surface area contributed by atoms with Crippen LogP contribution < -0.4 is 11.0 Å². The van der Waals surface area contributed by atoms with Crippen LogP contribution in [0.1, 0.15) is 33.6 Å². The van der Waals surface area contributed by atoms with Crippen molar-refractivity contribution in [2.75, 3.05) is 6.54 Å². The molecule has 0 saturated carbocycles. The molecule has 16 heavy (non-hydrogen) atoms. The van der Waals surface area contributed by atoms with Crippen LogP contribution in [-0.4, -0.2) is 21.6 Å². The molecular formula is C12H21N3O. The van der Waals surface area contributed by atoms with E-state index in [1.54, 1.807) is 16.8 Å². The molecule has 1 heterocycles. The zero-order valence-electron chi connectivity index (χ0n) is 10.4. The third-order valence-electron chi connectivity index (χ3n) is 2.26. The summed E-state index contributed by atoms with van der Waals surface area (Å²) in [6.45, 7) is 8.19. The summed E-state index contributed by atoms with van der Waals surface area (Å²) in [6.07, 6.45) is 5.37. The van der Waals surface area contributed by atoms with Crippen molar-refractivity contribution in [1.82, 2.24) is 14.9 Å². The van der Waals surface area contributed by atoms with Crippen molar-refractivity contribution in [2.45, 2.75) is 45.7 Å². The monoisotopic (exact) mass is 223 g/mol. The molecule has 0 aliphatic carbocycles. The quantitative estimate of drug-likeness (QED) is 0.768. The molecule has 0 spiro atoms. The van der Waals surface area contributed by atoms with Gasteiger partial charge in [0, 0.05) is 24.5 Å². The maximum atomic E-state index is 11.3. The van der Waals surface area contributed by atoms with E-state index in [9.17, 15) is 4.79 Å². The van der Waals surface area contributed by atoms with Gasteiger partial charge in [-0.1, -0.05) is 0 Å². The topological polar surface area (TPSA) is 46.9 Å². The molecule has 1 aromatic rings. The summed E-state index contributed by atoms with van der Waals surface area (Å²) in [4.78, 5) is 15.0. The van der Waals surface area contributed by atoms with E-state index in [1.165, 1.54) is 6.20 Å². The fourth-order valence-corrected chi connectivity index (χ4v) is 1.43. The summed E-state index contributed by atoms with van der Waals surface area (Å²) >= 11 is 0. The summed E-state index contributed by atoms with van der Waals surface area (Å²) in [7, 11) is 0. The van der Waals surface area contributed by atoms with E-state index >= 15 is 0 Å². The molecule has 0 saturated heterocycles. The summed E-state index contributed by atoms with van der Waals surface area (Å²) in [5.74, 6) is 0. The predicted octanol–water partition coefficient (Wildman–Crippen LogP) is 1.41. The van der Waals surface area contributed by atoms with Crippen molar-refractivity contribution < 1.29 is 0 Å². The Labute approximate surface area is 96.7 Å². The number of rotatable bonds is 5. The first-order valence-electron chi connectivity index (χ1n) is 5.75. The minimum Gasteiger partial charge on any atom is -0.312 e. The Morgan fingerprint density at radius 1 is 1.38 bits per heavy atom. The van der Waals surface area contributed by atoms with E-state index in [4.69, 9.17) is 0 Å². The molecule has 1 rings (SSSR count). The lowest BCUT2D eigenvalue weighted by Crippen LogP contribution is -2.36. The molecule has 0 amide bonds. The molecule has 1 N–H and O–H groups in total. The van der Waals surface area contributed by atoms with Gasteiger partial charge in [-0.3, -0.25) is 4.57 Å². The summed E-state index contributed by atoms with van der Waals surface area (Å²) in [5.41, 5.74) is 0.0109. The number of unbranched alkanes of at least 4 members (excludes halogenated alkanes) is 1. The maximum Gasteiger partial charge on any atom is 0.347 e. The second-order valence-electron chi connectivity index (χ2n) is 4.98. The number of nitrogens with one attached hydrogen (secondary N) is 1. The molecule has 0 aliphatic rings. The SMILES string of the molecule is CC(C)(C)NCCCCn1cccnc1=O. The van der Waals surface area contributed by atoms with Crippen LogP contribution in [-0.2, 0) is 6.54 Å². The Hall–Kier alpha value is -1.16. The first-order chi connectivity index (χ1) is 7.49. The second kappa shape index (κ2) is 5.80. The van der Waals surface area contributed by atoms with Crippen LogP contribution in [0.3, 0.4) is 0 Å². The van der Waals surface area contributed by atoms with Crippen LogP contribution in [0.25, 0.3) is 0 Å². The van der Waals surface area contributed by atoms with Crippen molar-refractivity contribution in [2.24, 2.45) is 0 Å². The average molecular weight is 223 g/mol. The Bertz CT molecular complexity index is 365. The summed E-state index contributed by atoms with van der Waals surface area (Å²) in [6, 6.07) is 1.79. The van der Waals surface area contributed by atoms with Crippen LogP contribution >= 0.6 is 0 Å². The van der Waals surface area contributed by atoms with Gasteiger partial charge in [0.2, 0.25) is 0 Å². The largest absolute Gasteiger partial charge is 0.347 e. The van der Waals surface area contributed by atoms with Crippen LogP contribution in [0.5, 0.6) is 0 Å². The third-order valence-corrected chi connectivity index (χ3v) is 2.26. The molecule has 0 aromatic carbocycles. The summed E-state index contributed by atoms with van der Waals surface area (Å²) < 4.78 is 1.65. The van der Waals surface area contributed by atoms with E-state index in [1.807, 2.05) is 0 Å². The van der Waals surface area contributed by atoms with Gasteiger partial charge >= 0.3 is 5.69 Å². The molecule has 0 bridgehead atoms. The Morgan fingerprint density at radius 2 is 2.12 bits per heavy atom. The van der Waals surface area contributed by atoms with Crippen molar-refractivity contribution >= 4 is 0 Å². The van der Waals surface area contributed by atoms with Crippen molar-refractivity contribution in [3.05, 3.63) is 28.9 Å². The molecule has 90 valence electrons. The van der Waals surface area contributed by atoms with E-state index in [0.717, 1.165) is 25.9 Å². The van der Waals surface area contributed by atoms with Crippen molar-refractivity contribution in [3.8, 4) is 0 Å². The average Bonchev–Trinajstić information content (AvgIpc) is 2.18. The summed E-state index contributed by atoms with van der Waals surface area (Å²) in [5, 5.41) is 3.42. The lowest BCUT2D eigenvalue weighted by atomic mass is 10.1. The van der Waals surface area contributed by atoms with Crippen LogP contribution in [0, 0.1) is 0 Å². The van der Waals surface area contributed by atoms with Crippen molar-refractivity contribution in [1.29, 1.82) is 0 Å². The fourth-order valence-electron chi connectivity index (χ4n) is 1.43. The molecule has 0 fully saturated rings. The first-order valence-corrected chi connectivity index (χ1v) is 5.75. The number of hydrogen-bond acceptors (Lipinski definition) is 3. The highest BCUT2D eigenvalue weighted by molar-refractivity contribution is 4.80. The second-order valence-corrected chi connectivity index (χ2v) is 4.98. The van der Waals surface area contributed by atoms with Gasteiger partial charge in [0.1, 0.15) is 0 Å². The van der Waals surface area contributed by atoms with Crippen LogP contribution in [0.2, 0.25) is 0 Å². The Balaban J connectivity index is 2.22. The highest BCUT2D eigenvalue weighted by Crippen LogP contribution is 1.99. The van der Waals surface area contributed by atoms with Gasteiger partial charge in [-0.25, -0.2) is 9.78 Å². The number of hydrogen-bond donors (Lipinski definition) is 1. The maximum absolute atomic E-state index is 11.3. The predicted molar refractivity (Wildman–Crippen MR) is 65.5 cm³/mol. The van der Waals surface area contributed by atoms with Gasteiger partial charge in [0.05, 0.1) is 0 Å². The number of aryl methyl sites for hydroxylation is 1. The standard InChI is InChI=1S/C12H21N3O/c1-12(2,3)14-8-4-5-9-15-10-6-7-13-11(15)16/h6-7,10,14H,4-5,8-9H2,1-3H3. The first kappa shape index (κ1) is 12.9. The minimum absolute atomic E-state index is 0.161. The van der Waals surface area contributed by atoms with Gasteiger partial charge in [0.15, 0.2) is 0 Å². The molecular weight excluding hydrogens is 202 g/mol. The van der Waals surface area contributed by atoms with E-state index < -0.39 is 0 Å². The fraction of sp³-hybridized carbons (Fsp3) is 0.667.